The van der Waals surface area contributed by atoms with Gasteiger partial charge in [0.1, 0.15) is 16.6 Å². The van der Waals surface area contributed by atoms with Crippen LogP contribution in [0, 0.1) is 6.92 Å². The van der Waals surface area contributed by atoms with Gasteiger partial charge in [-0.1, -0.05) is 6.07 Å². The summed E-state index contributed by atoms with van der Waals surface area (Å²) in [4.78, 5) is 27.8. The molecule has 0 fully saturated rings. The lowest BCUT2D eigenvalue weighted by Crippen LogP contribution is -2.32. The zero-order valence-electron chi connectivity index (χ0n) is 15.6. The van der Waals surface area contributed by atoms with E-state index >= 15 is 0 Å². The Hall–Kier alpha value is -2.84. The van der Waals surface area contributed by atoms with Crippen molar-refractivity contribution < 1.29 is 4.79 Å². The van der Waals surface area contributed by atoms with Crippen LogP contribution in [-0.2, 0) is 11.3 Å². The van der Waals surface area contributed by atoms with E-state index in [1.54, 1.807) is 24.6 Å². The van der Waals surface area contributed by atoms with Gasteiger partial charge in [-0.05, 0) is 43.8 Å². The molecule has 0 unspecified atom stereocenters. The summed E-state index contributed by atoms with van der Waals surface area (Å²) in [6.07, 6.45) is 3.59. The number of nitrogens with one attached hydrogen (secondary N) is 2. The molecule has 0 aliphatic heterocycles. The number of hydrogen-bond acceptors (Lipinski definition) is 7. The molecule has 0 atom stereocenters. The number of nitrogens with zero attached hydrogens (tertiary/aromatic N) is 4. The molecular formula is C19H22N6OS. The predicted molar refractivity (Wildman–Crippen MR) is 108 cm³/mol. The Balaban J connectivity index is 1.70. The molecule has 3 heterocycles. The molecule has 3 aromatic rings. The van der Waals surface area contributed by atoms with Gasteiger partial charge in [-0.25, -0.2) is 15.0 Å². The van der Waals surface area contributed by atoms with Gasteiger partial charge < -0.3 is 10.6 Å². The monoisotopic (exact) mass is 382 g/mol. The second kappa shape index (κ2) is 8.70. The van der Waals surface area contributed by atoms with Gasteiger partial charge in [0.15, 0.2) is 0 Å². The van der Waals surface area contributed by atoms with Crippen molar-refractivity contribution in [3.63, 3.8) is 0 Å². The second-order valence-corrected chi connectivity index (χ2v) is 7.33. The highest BCUT2D eigenvalue weighted by molar-refractivity contribution is 7.15. The maximum absolute atomic E-state index is 11.5. The normalized spacial score (nSPS) is 10.8. The summed E-state index contributed by atoms with van der Waals surface area (Å²) in [5.74, 6) is 1.48. The van der Waals surface area contributed by atoms with E-state index in [1.807, 2.05) is 55.4 Å². The molecule has 0 aliphatic carbocycles. The topological polar surface area (TPSA) is 83.0 Å². The molecular weight excluding hydrogens is 360 g/mol. The fourth-order valence-electron chi connectivity index (χ4n) is 2.49. The Morgan fingerprint density at radius 2 is 2.07 bits per heavy atom. The minimum Gasteiger partial charge on any atom is -0.358 e. The number of thiazole rings is 1. The van der Waals surface area contributed by atoms with Gasteiger partial charge in [-0.15, -0.1) is 11.3 Å². The summed E-state index contributed by atoms with van der Waals surface area (Å²) in [7, 11) is 3.53. The van der Waals surface area contributed by atoms with E-state index in [4.69, 9.17) is 0 Å². The van der Waals surface area contributed by atoms with Gasteiger partial charge in [0.2, 0.25) is 5.91 Å². The third-order valence-electron chi connectivity index (χ3n) is 3.82. The summed E-state index contributed by atoms with van der Waals surface area (Å²) in [6, 6.07) is 9.75. The molecule has 1 amide bonds. The first kappa shape index (κ1) is 18.9. The average molecular weight is 382 g/mol. The van der Waals surface area contributed by atoms with Crippen LogP contribution in [0.1, 0.15) is 10.6 Å². The molecule has 2 N–H and O–H groups in total. The van der Waals surface area contributed by atoms with Crippen LogP contribution in [0.2, 0.25) is 0 Å². The first-order chi connectivity index (χ1) is 13.0. The molecule has 0 radical (unpaired) electrons. The maximum Gasteiger partial charge on any atom is 0.233 e. The summed E-state index contributed by atoms with van der Waals surface area (Å²) >= 11 is 1.58. The number of amides is 1. The Kier molecular flexibility index (Phi) is 6.10. The molecule has 140 valence electrons. The van der Waals surface area contributed by atoms with Crippen LogP contribution in [0.4, 0.5) is 11.6 Å². The number of aryl methyl sites for hydroxylation is 1. The van der Waals surface area contributed by atoms with Gasteiger partial charge in [-0.2, -0.15) is 0 Å². The van der Waals surface area contributed by atoms with E-state index in [0.29, 0.717) is 13.1 Å². The third kappa shape index (κ3) is 5.32. The van der Waals surface area contributed by atoms with Crippen LogP contribution >= 0.6 is 11.3 Å². The standard InChI is InChI=1S/C19H22N6OS/c1-13-7-8-21-17(9-13)24-16-6-4-5-14(23-16)15-10-22-19(27-15)12-25(3)11-18(26)20-2/h4-10H,11-12H2,1-3H3,(H,20,26)(H,21,23,24). The van der Waals surface area contributed by atoms with E-state index in [0.717, 1.165) is 32.8 Å². The van der Waals surface area contributed by atoms with Crippen molar-refractivity contribution in [1.82, 2.24) is 25.2 Å². The predicted octanol–water partition coefficient (Wildman–Crippen LogP) is 2.83. The number of likely N-dealkylation sites (N-methyl/N-ethyl adjacent to an activating group) is 2. The van der Waals surface area contributed by atoms with Gasteiger partial charge in [0, 0.05) is 19.4 Å². The first-order valence-electron chi connectivity index (χ1n) is 8.54. The van der Waals surface area contributed by atoms with Crippen LogP contribution < -0.4 is 10.6 Å². The molecule has 27 heavy (non-hydrogen) atoms. The highest BCUT2D eigenvalue weighted by Gasteiger charge is 2.11. The molecule has 0 aliphatic rings. The van der Waals surface area contributed by atoms with Crippen LogP contribution in [0.15, 0.2) is 42.7 Å². The lowest BCUT2D eigenvalue weighted by atomic mass is 10.3. The average Bonchev–Trinajstić information content (AvgIpc) is 3.10. The number of hydrogen-bond donors (Lipinski definition) is 2. The van der Waals surface area contributed by atoms with Crippen LogP contribution in [-0.4, -0.2) is 46.4 Å². The summed E-state index contributed by atoms with van der Waals surface area (Å²) in [5, 5.41) is 6.80. The zero-order chi connectivity index (χ0) is 19.2. The van der Waals surface area contributed by atoms with Crippen molar-refractivity contribution in [2.75, 3.05) is 26.0 Å². The number of anilines is 2. The third-order valence-corrected chi connectivity index (χ3v) is 4.83. The van der Waals surface area contributed by atoms with Crippen LogP contribution in [0.25, 0.3) is 10.6 Å². The number of carbonyl (C=O) groups excluding carboxylic acids is 1. The van der Waals surface area contributed by atoms with Crippen molar-refractivity contribution in [3.8, 4) is 10.6 Å². The Bertz CT molecular complexity index is 926. The van der Waals surface area contributed by atoms with Crippen molar-refractivity contribution in [3.05, 3.63) is 53.3 Å². The van der Waals surface area contributed by atoms with Crippen molar-refractivity contribution in [1.29, 1.82) is 0 Å². The Morgan fingerprint density at radius 3 is 2.85 bits per heavy atom. The molecule has 7 nitrogen and oxygen atoms in total. The van der Waals surface area contributed by atoms with Crippen LogP contribution in [0.3, 0.4) is 0 Å². The van der Waals surface area contributed by atoms with Crippen molar-refractivity contribution >= 4 is 28.9 Å². The van der Waals surface area contributed by atoms with E-state index in [1.165, 1.54) is 0 Å². The summed E-state index contributed by atoms with van der Waals surface area (Å²) in [5.41, 5.74) is 1.99. The summed E-state index contributed by atoms with van der Waals surface area (Å²) < 4.78 is 0. The SMILES string of the molecule is CNC(=O)CN(C)Cc1ncc(-c2cccc(Nc3cc(C)ccn3)n2)s1. The number of aromatic nitrogens is 3. The van der Waals surface area contributed by atoms with Gasteiger partial charge in [0.05, 0.1) is 23.7 Å². The van der Waals surface area contributed by atoms with Crippen LogP contribution in [0.5, 0.6) is 0 Å². The van der Waals surface area contributed by atoms with E-state index in [9.17, 15) is 4.79 Å². The lowest BCUT2D eigenvalue weighted by molar-refractivity contribution is -0.121. The van der Waals surface area contributed by atoms with Gasteiger partial charge in [-0.3, -0.25) is 9.69 Å². The Morgan fingerprint density at radius 1 is 1.22 bits per heavy atom. The van der Waals surface area contributed by atoms with Crippen molar-refractivity contribution in [2.24, 2.45) is 0 Å². The lowest BCUT2D eigenvalue weighted by Gasteiger charge is -2.13. The maximum atomic E-state index is 11.5. The van der Waals surface area contributed by atoms with Gasteiger partial charge in [0.25, 0.3) is 0 Å². The number of rotatable bonds is 7. The largest absolute Gasteiger partial charge is 0.358 e. The second-order valence-electron chi connectivity index (χ2n) is 6.22. The van der Waals surface area contributed by atoms with Gasteiger partial charge >= 0.3 is 0 Å². The quantitative estimate of drug-likeness (QED) is 0.654. The molecule has 0 saturated heterocycles. The minimum atomic E-state index is -0.0144. The smallest absolute Gasteiger partial charge is 0.233 e. The number of pyridine rings is 2. The minimum absolute atomic E-state index is 0.0144. The molecule has 8 heteroatoms. The fourth-order valence-corrected chi connectivity index (χ4v) is 3.46. The molecule has 3 rings (SSSR count). The van der Waals surface area contributed by atoms with E-state index in [2.05, 4.69) is 25.6 Å². The highest BCUT2D eigenvalue weighted by Crippen LogP contribution is 2.26. The highest BCUT2D eigenvalue weighted by atomic mass is 32.1. The first-order valence-corrected chi connectivity index (χ1v) is 9.36. The molecule has 0 saturated carbocycles. The molecule has 0 bridgehead atoms. The molecule has 0 aromatic carbocycles. The fraction of sp³-hybridized carbons (Fsp3) is 0.263. The Labute approximate surface area is 162 Å². The molecule has 3 aromatic heterocycles. The zero-order valence-corrected chi connectivity index (χ0v) is 16.4. The summed E-state index contributed by atoms with van der Waals surface area (Å²) in [6.45, 7) is 2.98. The van der Waals surface area contributed by atoms with E-state index in [-0.39, 0.29) is 5.91 Å². The molecule has 0 spiro atoms. The number of carbonyl (C=O) groups is 1. The van der Waals surface area contributed by atoms with Crippen molar-refractivity contribution in [2.45, 2.75) is 13.5 Å². The van der Waals surface area contributed by atoms with E-state index < -0.39 is 0 Å².